The van der Waals surface area contributed by atoms with E-state index in [1.165, 1.54) is 6.92 Å². The minimum atomic E-state index is -0.0551. The van der Waals surface area contributed by atoms with E-state index in [-0.39, 0.29) is 17.7 Å². The van der Waals surface area contributed by atoms with Gasteiger partial charge in [0, 0.05) is 25.9 Å². The second-order valence-corrected chi connectivity index (χ2v) is 5.14. The molecule has 1 heterocycles. The second-order valence-electron chi connectivity index (χ2n) is 5.14. The van der Waals surface area contributed by atoms with Crippen LogP contribution < -0.4 is 16.0 Å². The molecule has 1 aliphatic carbocycles. The highest BCUT2D eigenvalue weighted by atomic mass is 16.2. The lowest BCUT2D eigenvalue weighted by atomic mass is 9.92. The highest BCUT2D eigenvalue weighted by molar-refractivity contribution is 5.82. The zero-order chi connectivity index (χ0) is 12.3. The Morgan fingerprint density at radius 3 is 2.53 bits per heavy atom. The molecule has 5 heteroatoms. The molecular formula is C12H21N3O2. The van der Waals surface area contributed by atoms with Crippen LogP contribution in [0.15, 0.2) is 0 Å². The van der Waals surface area contributed by atoms with Crippen LogP contribution >= 0.6 is 0 Å². The summed E-state index contributed by atoms with van der Waals surface area (Å²) in [5.74, 6) is 0.319. The van der Waals surface area contributed by atoms with Crippen LogP contribution in [0.4, 0.5) is 0 Å². The summed E-state index contributed by atoms with van der Waals surface area (Å²) in [5, 5.41) is 8.89. The van der Waals surface area contributed by atoms with Crippen LogP contribution in [0.1, 0.15) is 26.2 Å². The maximum Gasteiger partial charge on any atom is 0.223 e. The normalized spacial score (nSPS) is 25.4. The predicted octanol–water partition coefficient (Wildman–Crippen LogP) is -0.372. The Hall–Kier alpha value is -1.10. The van der Waals surface area contributed by atoms with Gasteiger partial charge in [-0.05, 0) is 37.8 Å². The number of hydrogen-bond donors (Lipinski definition) is 3. The molecule has 2 rings (SSSR count). The third-order valence-electron chi connectivity index (χ3n) is 3.90. The molecule has 96 valence electrons. The second kappa shape index (κ2) is 5.04. The first kappa shape index (κ1) is 12.4. The van der Waals surface area contributed by atoms with E-state index in [1.54, 1.807) is 0 Å². The van der Waals surface area contributed by atoms with E-state index in [1.807, 2.05) is 0 Å². The minimum absolute atomic E-state index is 0.0551. The summed E-state index contributed by atoms with van der Waals surface area (Å²) in [5.41, 5.74) is 0.295. The topological polar surface area (TPSA) is 70.2 Å². The molecule has 17 heavy (non-hydrogen) atoms. The number of carbonyl (C=O) groups is 2. The van der Waals surface area contributed by atoms with Gasteiger partial charge >= 0.3 is 0 Å². The monoisotopic (exact) mass is 239 g/mol. The van der Waals surface area contributed by atoms with Crippen LogP contribution in [0.3, 0.4) is 0 Å². The lowest BCUT2D eigenvalue weighted by molar-refractivity contribution is -0.123. The Morgan fingerprint density at radius 1 is 1.24 bits per heavy atom. The number of amides is 2. The average molecular weight is 239 g/mol. The van der Waals surface area contributed by atoms with Crippen LogP contribution in [0.5, 0.6) is 0 Å². The maximum atomic E-state index is 11.9. The van der Waals surface area contributed by atoms with Crippen LogP contribution in [0.2, 0.25) is 0 Å². The molecule has 5 nitrogen and oxygen atoms in total. The van der Waals surface area contributed by atoms with E-state index < -0.39 is 0 Å². The molecule has 1 unspecified atom stereocenters. The van der Waals surface area contributed by atoms with Gasteiger partial charge in [-0.3, -0.25) is 9.59 Å². The summed E-state index contributed by atoms with van der Waals surface area (Å²) in [6, 6.07) is 0. The first-order chi connectivity index (χ1) is 8.14. The standard InChI is InChI=1S/C12H21N3O2/c1-9(16)14-6-7-15-11(17)10-8-12(10)2-4-13-5-3-12/h10,13H,2-8H2,1H3,(H,14,16)(H,15,17). The molecule has 2 amide bonds. The van der Waals surface area contributed by atoms with Crippen LogP contribution in [-0.4, -0.2) is 38.0 Å². The summed E-state index contributed by atoms with van der Waals surface area (Å²) in [7, 11) is 0. The lowest BCUT2D eigenvalue weighted by Gasteiger charge is -2.23. The Bertz CT molecular complexity index is 311. The summed E-state index contributed by atoms with van der Waals surface area (Å²) in [6.07, 6.45) is 3.29. The van der Waals surface area contributed by atoms with Crippen molar-refractivity contribution >= 4 is 11.8 Å². The maximum absolute atomic E-state index is 11.9. The molecule has 0 aromatic rings. The smallest absolute Gasteiger partial charge is 0.223 e. The van der Waals surface area contributed by atoms with Gasteiger partial charge in [-0.1, -0.05) is 0 Å². The molecule has 3 N–H and O–H groups in total. The van der Waals surface area contributed by atoms with E-state index in [2.05, 4.69) is 16.0 Å². The highest BCUT2D eigenvalue weighted by Gasteiger charge is 2.57. The molecule has 1 atom stereocenters. The molecule has 1 aliphatic heterocycles. The highest BCUT2D eigenvalue weighted by Crippen LogP contribution is 2.58. The fourth-order valence-electron chi connectivity index (χ4n) is 2.74. The fourth-order valence-corrected chi connectivity index (χ4v) is 2.74. The van der Waals surface area contributed by atoms with Crippen molar-refractivity contribution in [3.05, 3.63) is 0 Å². The summed E-state index contributed by atoms with van der Waals surface area (Å²) >= 11 is 0. The van der Waals surface area contributed by atoms with E-state index >= 15 is 0 Å². The van der Waals surface area contributed by atoms with Gasteiger partial charge in [0.1, 0.15) is 0 Å². The van der Waals surface area contributed by atoms with E-state index in [0.717, 1.165) is 32.4 Å². The van der Waals surface area contributed by atoms with Gasteiger partial charge in [-0.25, -0.2) is 0 Å². The quantitative estimate of drug-likeness (QED) is 0.586. The number of hydrogen-bond acceptors (Lipinski definition) is 3. The molecule has 1 saturated heterocycles. The van der Waals surface area contributed by atoms with Gasteiger partial charge in [-0.15, -0.1) is 0 Å². The van der Waals surface area contributed by atoms with E-state index in [9.17, 15) is 9.59 Å². The number of carbonyl (C=O) groups excluding carboxylic acids is 2. The number of rotatable bonds is 4. The Morgan fingerprint density at radius 2 is 1.88 bits per heavy atom. The van der Waals surface area contributed by atoms with Gasteiger partial charge in [0.2, 0.25) is 11.8 Å². The minimum Gasteiger partial charge on any atom is -0.355 e. The van der Waals surface area contributed by atoms with Crippen molar-refractivity contribution < 1.29 is 9.59 Å². The zero-order valence-corrected chi connectivity index (χ0v) is 10.3. The Kier molecular flexibility index (Phi) is 3.66. The van der Waals surface area contributed by atoms with E-state index in [4.69, 9.17) is 0 Å². The van der Waals surface area contributed by atoms with Crippen molar-refractivity contribution in [2.75, 3.05) is 26.2 Å². The molecule has 2 fully saturated rings. The molecule has 1 spiro atoms. The SMILES string of the molecule is CC(=O)NCCNC(=O)C1CC12CCNCC2. The molecule has 0 bridgehead atoms. The lowest BCUT2D eigenvalue weighted by Crippen LogP contribution is -2.37. The van der Waals surface area contributed by atoms with Gasteiger partial charge in [0.15, 0.2) is 0 Å². The molecule has 1 saturated carbocycles. The first-order valence-electron chi connectivity index (χ1n) is 6.37. The Labute approximate surface area is 102 Å². The molecule has 2 aliphatic rings. The third kappa shape index (κ3) is 2.97. The molecule has 0 aromatic carbocycles. The van der Waals surface area contributed by atoms with Crippen molar-refractivity contribution in [2.24, 2.45) is 11.3 Å². The number of nitrogens with one attached hydrogen (secondary N) is 3. The zero-order valence-electron chi connectivity index (χ0n) is 10.3. The first-order valence-corrected chi connectivity index (χ1v) is 6.37. The molecular weight excluding hydrogens is 218 g/mol. The number of piperidine rings is 1. The van der Waals surface area contributed by atoms with Gasteiger partial charge < -0.3 is 16.0 Å². The van der Waals surface area contributed by atoms with Crippen molar-refractivity contribution in [3.8, 4) is 0 Å². The van der Waals surface area contributed by atoms with Gasteiger partial charge in [0.25, 0.3) is 0 Å². The van der Waals surface area contributed by atoms with Gasteiger partial charge in [0.05, 0.1) is 0 Å². The summed E-state index contributed by atoms with van der Waals surface area (Å²) in [6.45, 7) is 4.60. The van der Waals surface area contributed by atoms with Crippen LogP contribution in [0.25, 0.3) is 0 Å². The van der Waals surface area contributed by atoms with Crippen molar-refractivity contribution in [2.45, 2.75) is 26.2 Å². The van der Waals surface area contributed by atoms with Crippen LogP contribution in [0, 0.1) is 11.3 Å². The summed E-state index contributed by atoms with van der Waals surface area (Å²) < 4.78 is 0. The van der Waals surface area contributed by atoms with Gasteiger partial charge in [-0.2, -0.15) is 0 Å². The van der Waals surface area contributed by atoms with Crippen molar-refractivity contribution in [1.29, 1.82) is 0 Å². The molecule has 0 radical (unpaired) electrons. The largest absolute Gasteiger partial charge is 0.355 e. The molecule has 0 aromatic heterocycles. The summed E-state index contributed by atoms with van der Waals surface area (Å²) in [4.78, 5) is 22.5. The fraction of sp³-hybridized carbons (Fsp3) is 0.833. The van der Waals surface area contributed by atoms with E-state index in [0.29, 0.717) is 18.5 Å². The van der Waals surface area contributed by atoms with Crippen LogP contribution in [-0.2, 0) is 9.59 Å². The van der Waals surface area contributed by atoms with Crippen molar-refractivity contribution in [1.82, 2.24) is 16.0 Å². The van der Waals surface area contributed by atoms with Crippen molar-refractivity contribution in [3.63, 3.8) is 0 Å². The Balaban J connectivity index is 1.66. The average Bonchev–Trinajstić information content (AvgIpc) is 2.99. The predicted molar refractivity (Wildman–Crippen MR) is 64.3 cm³/mol. The third-order valence-corrected chi connectivity index (χ3v) is 3.90.